The van der Waals surface area contributed by atoms with Crippen molar-refractivity contribution in [2.45, 2.75) is 6.43 Å². The van der Waals surface area contributed by atoms with E-state index in [1.807, 2.05) is 0 Å². The second-order valence-corrected chi connectivity index (χ2v) is 3.36. The highest BCUT2D eigenvalue weighted by molar-refractivity contribution is 5.68. The Morgan fingerprint density at radius 3 is 2.58 bits per heavy atom. The van der Waals surface area contributed by atoms with Gasteiger partial charge in [0.1, 0.15) is 24.3 Å². The monoisotopic (exact) mass is 264 g/mol. The van der Waals surface area contributed by atoms with Gasteiger partial charge in [-0.15, -0.1) is 0 Å². The lowest BCUT2D eigenvalue weighted by molar-refractivity contribution is 0.0803. The number of benzene rings is 1. The molecule has 0 fully saturated rings. The van der Waals surface area contributed by atoms with Crippen LogP contribution in [0.25, 0.3) is 6.08 Å². The van der Waals surface area contributed by atoms with Crippen LogP contribution in [-0.4, -0.2) is 20.1 Å². The van der Waals surface area contributed by atoms with Gasteiger partial charge in [-0.2, -0.15) is 10.5 Å². The van der Waals surface area contributed by atoms with Crippen LogP contribution in [0.2, 0.25) is 0 Å². The number of alkyl halides is 2. The number of nitriles is 2. The second kappa shape index (κ2) is 6.97. The molecule has 1 aromatic carbocycles. The first-order valence-electron chi connectivity index (χ1n) is 5.22. The normalized spacial score (nSPS) is 9.37. The number of allylic oxidation sites excluding steroid dienone is 1. The molecule has 0 atom stereocenters. The van der Waals surface area contributed by atoms with Crippen LogP contribution in [0, 0.1) is 22.7 Å². The fourth-order valence-corrected chi connectivity index (χ4v) is 1.35. The lowest BCUT2D eigenvalue weighted by Crippen LogP contribution is -2.08. The molecule has 0 aliphatic heterocycles. The minimum atomic E-state index is -2.63. The molecular weight excluding hydrogens is 254 g/mol. The van der Waals surface area contributed by atoms with E-state index in [4.69, 9.17) is 20.0 Å². The van der Waals surface area contributed by atoms with E-state index in [9.17, 15) is 8.78 Å². The zero-order chi connectivity index (χ0) is 14.3. The van der Waals surface area contributed by atoms with E-state index in [-0.39, 0.29) is 17.1 Å². The number of rotatable bonds is 5. The predicted molar refractivity (Wildman–Crippen MR) is 63.7 cm³/mol. The van der Waals surface area contributed by atoms with Crippen LogP contribution in [-0.2, 0) is 0 Å². The van der Waals surface area contributed by atoms with Crippen LogP contribution in [0.15, 0.2) is 23.8 Å². The Bertz CT molecular complexity index is 541. The fraction of sp³-hybridized carbons (Fsp3) is 0.231. The largest absolute Gasteiger partial charge is 0.493 e. The van der Waals surface area contributed by atoms with Crippen molar-refractivity contribution in [3.63, 3.8) is 0 Å². The summed E-state index contributed by atoms with van der Waals surface area (Å²) in [5.41, 5.74) is 0.174. The Labute approximate surface area is 109 Å². The molecule has 0 saturated carbocycles. The first kappa shape index (κ1) is 14.5. The van der Waals surface area contributed by atoms with Crippen molar-refractivity contribution in [3.8, 4) is 23.6 Å². The Morgan fingerprint density at radius 2 is 2.05 bits per heavy atom. The number of ether oxygens (including phenoxy) is 2. The van der Waals surface area contributed by atoms with Gasteiger partial charge < -0.3 is 9.47 Å². The summed E-state index contributed by atoms with van der Waals surface area (Å²) < 4.78 is 34.4. The van der Waals surface area contributed by atoms with Gasteiger partial charge >= 0.3 is 0 Å². The molecule has 0 bridgehead atoms. The Kier molecular flexibility index (Phi) is 5.31. The highest BCUT2D eigenvalue weighted by Crippen LogP contribution is 2.32. The van der Waals surface area contributed by atoms with Gasteiger partial charge in [0.25, 0.3) is 6.43 Å². The maximum atomic E-state index is 12.2. The number of hydrogen-bond acceptors (Lipinski definition) is 4. The molecule has 19 heavy (non-hydrogen) atoms. The summed E-state index contributed by atoms with van der Waals surface area (Å²) in [5.74, 6) is 0.331. The van der Waals surface area contributed by atoms with Crippen LogP contribution in [0.3, 0.4) is 0 Å². The smallest absolute Gasteiger partial charge is 0.272 e. The summed E-state index contributed by atoms with van der Waals surface area (Å²) in [6.45, 7) is -0.796. The number of halogens is 2. The third kappa shape index (κ3) is 3.97. The third-order valence-corrected chi connectivity index (χ3v) is 2.12. The molecule has 0 saturated heterocycles. The lowest BCUT2D eigenvalue weighted by Gasteiger charge is -2.12. The second-order valence-electron chi connectivity index (χ2n) is 3.36. The van der Waals surface area contributed by atoms with Gasteiger partial charge in [-0.1, -0.05) is 12.1 Å². The summed E-state index contributed by atoms with van der Waals surface area (Å²) in [5, 5.41) is 17.4. The van der Waals surface area contributed by atoms with Crippen molar-refractivity contribution in [3.05, 3.63) is 29.3 Å². The number of hydrogen-bond donors (Lipinski definition) is 0. The van der Waals surface area contributed by atoms with Gasteiger partial charge in [0.2, 0.25) is 0 Å². The Hall–Kier alpha value is -2.60. The Morgan fingerprint density at radius 1 is 1.37 bits per heavy atom. The molecule has 0 heterocycles. The number of methoxy groups -OCH3 is 1. The van der Waals surface area contributed by atoms with Gasteiger partial charge in [0, 0.05) is 5.56 Å². The van der Waals surface area contributed by atoms with Gasteiger partial charge in [0.05, 0.1) is 7.11 Å². The zero-order valence-electron chi connectivity index (χ0n) is 10.1. The first-order chi connectivity index (χ1) is 9.12. The summed E-state index contributed by atoms with van der Waals surface area (Å²) in [7, 11) is 1.37. The standard InChI is InChI=1S/C13H10F2N2O2/c1-18-11-4-2-3-10(5-9(6-16)7-17)13(11)19-8-12(14)15/h2-5,12H,8H2,1H3. The quantitative estimate of drug-likeness (QED) is 0.767. The highest BCUT2D eigenvalue weighted by Gasteiger charge is 2.12. The van der Waals surface area contributed by atoms with Gasteiger partial charge in [-0.3, -0.25) is 0 Å². The van der Waals surface area contributed by atoms with Gasteiger partial charge in [-0.05, 0) is 12.1 Å². The fourth-order valence-electron chi connectivity index (χ4n) is 1.35. The summed E-state index contributed by atoms with van der Waals surface area (Å²) in [4.78, 5) is 0. The van der Waals surface area contributed by atoms with E-state index in [1.54, 1.807) is 18.2 Å². The molecule has 0 aliphatic rings. The van der Waals surface area contributed by atoms with E-state index < -0.39 is 13.0 Å². The molecule has 4 nitrogen and oxygen atoms in total. The van der Waals surface area contributed by atoms with E-state index in [0.717, 1.165) is 0 Å². The molecule has 1 rings (SSSR count). The van der Waals surface area contributed by atoms with E-state index >= 15 is 0 Å². The van der Waals surface area contributed by atoms with Gasteiger partial charge in [0.15, 0.2) is 11.5 Å². The average Bonchev–Trinajstić information content (AvgIpc) is 2.42. The SMILES string of the molecule is COc1cccc(C=C(C#N)C#N)c1OCC(F)F. The van der Waals surface area contributed by atoms with Crippen molar-refractivity contribution in [2.24, 2.45) is 0 Å². The van der Waals surface area contributed by atoms with Crippen LogP contribution in [0.1, 0.15) is 5.56 Å². The molecule has 0 aliphatic carbocycles. The zero-order valence-corrected chi connectivity index (χ0v) is 10.1. The molecule has 0 radical (unpaired) electrons. The van der Waals surface area contributed by atoms with Crippen molar-refractivity contribution >= 4 is 6.08 Å². The van der Waals surface area contributed by atoms with Gasteiger partial charge in [-0.25, -0.2) is 8.78 Å². The minimum absolute atomic E-state index is 0.0771. The number of para-hydroxylation sites is 1. The topological polar surface area (TPSA) is 66.0 Å². The minimum Gasteiger partial charge on any atom is -0.493 e. The van der Waals surface area contributed by atoms with Crippen molar-refractivity contribution in [2.75, 3.05) is 13.7 Å². The van der Waals surface area contributed by atoms with Crippen LogP contribution < -0.4 is 9.47 Å². The molecule has 0 N–H and O–H groups in total. The molecule has 0 spiro atoms. The lowest BCUT2D eigenvalue weighted by atomic mass is 10.1. The van der Waals surface area contributed by atoms with Crippen LogP contribution in [0.4, 0.5) is 8.78 Å². The molecule has 0 aromatic heterocycles. The van der Waals surface area contributed by atoms with Crippen molar-refractivity contribution in [1.82, 2.24) is 0 Å². The van der Waals surface area contributed by atoms with Crippen molar-refractivity contribution in [1.29, 1.82) is 10.5 Å². The van der Waals surface area contributed by atoms with Crippen molar-refractivity contribution < 1.29 is 18.3 Å². The predicted octanol–water partition coefficient (Wildman–Crippen LogP) is 2.77. The highest BCUT2D eigenvalue weighted by atomic mass is 19.3. The maximum absolute atomic E-state index is 12.2. The molecule has 0 unspecified atom stereocenters. The van der Waals surface area contributed by atoms with E-state index in [0.29, 0.717) is 5.56 Å². The third-order valence-electron chi connectivity index (χ3n) is 2.12. The molecule has 98 valence electrons. The first-order valence-corrected chi connectivity index (χ1v) is 5.22. The van der Waals surface area contributed by atoms with Crippen LogP contribution in [0.5, 0.6) is 11.5 Å². The van der Waals surface area contributed by atoms with Crippen LogP contribution >= 0.6 is 0 Å². The summed E-state index contributed by atoms with van der Waals surface area (Å²) in [6.07, 6.45) is -1.38. The molecule has 1 aromatic rings. The Balaban J connectivity index is 3.21. The van der Waals surface area contributed by atoms with E-state index in [1.165, 1.54) is 25.3 Å². The average molecular weight is 264 g/mol. The molecule has 6 heteroatoms. The van der Waals surface area contributed by atoms with E-state index in [2.05, 4.69) is 0 Å². The molecule has 0 amide bonds. The summed E-state index contributed by atoms with van der Waals surface area (Å²) >= 11 is 0. The number of nitrogens with zero attached hydrogens (tertiary/aromatic N) is 2. The summed E-state index contributed by atoms with van der Waals surface area (Å²) in [6, 6.07) is 8.05. The molecular formula is C13H10F2N2O2. The maximum Gasteiger partial charge on any atom is 0.272 e.